The van der Waals surface area contributed by atoms with Gasteiger partial charge in [-0.3, -0.25) is 8.37 Å². The molecule has 52 valence electrons. The van der Waals surface area contributed by atoms with Crippen LogP contribution < -0.4 is 0 Å². The molecule has 1 spiro atoms. The standard InChI is InChI=1S/C6H10O2S/c1-2-4-6(3-1)5-7-9-8-6/h1-5H2. The van der Waals surface area contributed by atoms with E-state index >= 15 is 0 Å². The summed E-state index contributed by atoms with van der Waals surface area (Å²) in [6.07, 6.45) is 5.01. The van der Waals surface area contributed by atoms with E-state index < -0.39 is 0 Å². The van der Waals surface area contributed by atoms with Crippen LogP contribution in [0.15, 0.2) is 0 Å². The molecule has 1 aliphatic heterocycles. The van der Waals surface area contributed by atoms with Crippen LogP contribution in [0, 0.1) is 0 Å². The predicted octanol–water partition coefficient (Wildman–Crippen LogP) is 1.91. The van der Waals surface area contributed by atoms with Crippen molar-refractivity contribution in [2.24, 2.45) is 0 Å². The third-order valence-corrected chi connectivity index (χ3v) is 2.73. The molecule has 0 atom stereocenters. The Bertz CT molecular complexity index is 86.1. The van der Waals surface area contributed by atoms with Crippen molar-refractivity contribution in [1.82, 2.24) is 0 Å². The minimum absolute atomic E-state index is 0.130. The van der Waals surface area contributed by atoms with Crippen LogP contribution in [-0.2, 0) is 8.37 Å². The van der Waals surface area contributed by atoms with Gasteiger partial charge < -0.3 is 0 Å². The van der Waals surface area contributed by atoms with Gasteiger partial charge in [0.05, 0.1) is 6.61 Å². The van der Waals surface area contributed by atoms with Gasteiger partial charge in [-0.1, -0.05) is 12.8 Å². The zero-order chi connectivity index (χ0) is 6.16. The van der Waals surface area contributed by atoms with Gasteiger partial charge >= 0.3 is 0 Å². The van der Waals surface area contributed by atoms with Crippen molar-refractivity contribution >= 4 is 12.3 Å². The zero-order valence-corrected chi connectivity index (χ0v) is 6.08. The summed E-state index contributed by atoms with van der Waals surface area (Å²) in [6.45, 7) is 0.803. The normalized spacial score (nSPS) is 32.0. The van der Waals surface area contributed by atoms with Crippen molar-refractivity contribution in [3.63, 3.8) is 0 Å². The Morgan fingerprint density at radius 1 is 1.22 bits per heavy atom. The third kappa shape index (κ3) is 0.974. The fourth-order valence-electron chi connectivity index (χ4n) is 1.50. The van der Waals surface area contributed by atoms with Crippen molar-refractivity contribution in [3.05, 3.63) is 0 Å². The smallest absolute Gasteiger partial charge is 0.159 e. The quantitative estimate of drug-likeness (QED) is 0.486. The molecule has 0 bridgehead atoms. The van der Waals surface area contributed by atoms with E-state index in [-0.39, 0.29) is 5.60 Å². The van der Waals surface area contributed by atoms with Gasteiger partial charge in [-0.15, -0.1) is 0 Å². The van der Waals surface area contributed by atoms with E-state index in [0.717, 1.165) is 6.61 Å². The molecule has 0 unspecified atom stereocenters. The van der Waals surface area contributed by atoms with E-state index in [1.165, 1.54) is 38.0 Å². The monoisotopic (exact) mass is 146 g/mol. The molecule has 0 N–H and O–H groups in total. The van der Waals surface area contributed by atoms with Crippen LogP contribution in [0.3, 0.4) is 0 Å². The van der Waals surface area contributed by atoms with Gasteiger partial charge in [0.1, 0.15) is 5.60 Å². The van der Waals surface area contributed by atoms with Crippen LogP contribution in [0.1, 0.15) is 25.7 Å². The number of hydrogen-bond acceptors (Lipinski definition) is 3. The van der Waals surface area contributed by atoms with Gasteiger partial charge in [0.15, 0.2) is 12.3 Å². The first-order valence-corrected chi connectivity index (χ1v) is 4.05. The highest BCUT2D eigenvalue weighted by molar-refractivity contribution is 7.90. The van der Waals surface area contributed by atoms with Gasteiger partial charge in [-0.2, -0.15) is 0 Å². The molecule has 0 aromatic heterocycles. The van der Waals surface area contributed by atoms with E-state index in [1.54, 1.807) is 0 Å². The molecule has 2 nitrogen and oxygen atoms in total. The Balaban J connectivity index is 2.04. The molecule has 2 fully saturated rings. The largest absolute Gasteiger partial charge is 0.288 e. The lowest BCUT2D eigenvalue weighted by Crippen LogP contribution is -2.25. The predicted molar refractivity (Wildman–Crippen MR) is 35.8 cm³/mol. The van der Waals surface area contributed by atoms with Crippen LogP contribution in [0.25, 0.3) is 0 Å². The Labute approximate surface area is 59.3 Å². The molecule has 0 aromatic rings. The molecule has 9 heavy (non-hydrogen) atoms. The van der Waals surface area contributed by atoms with Gasteiger partial charge in [0, 0.05) is 0 Å². The Morgan fingerprint density at radius 3 is 2.56 bits per heavy atom. The number of hydrogen-bond donors (Lipinski definition) is 0. The molecular weight excluding hydrogens is 136 g/mol. The summed E-state index contributed by atoms with van der Waals surface area (Å²) in [5.74, 6) is 0. The third-order valence-electron chi connectivity index (χ3n) is 2.10. The van der Waals surface area contributed by atoms with E-state index in [9.17, 15) is 0 Å². The first-order chi connectivity index (χ1) is 4.41. The Morgan fingerprint density at radius 2 is 2.00 bits per heavy atom. The summed E-state index contributed by atoms with van der Waals surface area (Å²) in [7, 11) is 0. The molecule has 3 heteroatoms. The fraction of sp³-hybridized carbons (Fsp3) is 1.00. The van der Waals surface area contributed by atoms with Crippen LogP contribution in [-0.4, -0.2) is 12.2 Å². The molecule has 0 aromatic carbocycles. The van der Waals surface area contributed by atoms with Crippen LogP contribution in [0.4, 0.5) is 0 Å². The molecule has 0 radical (unpaired) electrons. The Hall–Kier alpha value is 0.270. The topological polar surface area (TPSA) is 18.5 Å². The summed E-state index contributed by atoms with van der Waals surface area (Å²) >= 11 is 1.17. The summed E-state index contributed by atoms with van der Waals surface area (Å²) in [6, 6.07) is 0. The van der Waals surface area contributed by atoms with Crippen LogP contribution in [0.5, 0.6) is 0 Å². The van der Waals surface area contributed by atoms with E-state index in [2.05, 4.69) is 0 Å². The summed E-state index contributed by atoms with van der Waals surface area (Å²) < 4.78 is 10.5. The lowest BCUT2D eigenvalue weighted by Gasteiger charge is -2.15. The molecule has 1 heterocycles. The maximum atomic E-state index is 5.40. The minimum atomic E-state index is 0.130. The molecule has 1 saturated heterocycles. The maximum absolute atomic E-state index is 5.40. The highest BCUT2D eigenvalue weighted by Gasteiger charge is 2.40. The van der Waals surface area contributed by atoms with Crippen molar-refractivity contribution < 1.29 is 8.37 Å². The minimum Gasteiger partial charge on any atom is -0.288 e. The van der Waals surface area contributed by atoms with Gasteiger partial charge in [-0.25, -0.2) is 0 Å². The average molecular weight is 146 g/mol. The zero-order valence-electron chi connectivity index (χ0n) is 5.26. The van der Waals surface area contributed by atoms with Gasteiger partial charge in [-0.05, 0) is 12.8 Å². The lowest BCUT2D eigenvalue weighted by molar-refractivity contribution is 0.109. The number of rotatable bonds is 0. The summed E-state index contributed by atoms with van der Waals surface area (Å²) in [5, 5.41) is 0. The first-order valence-electron chi connectivity index (χ1n) is 3.39. The molecular formula is C6H10O2S. The summed E-state index contributed by atoms with van der Waals surface area (Å²) in [4.78, 5) is 0. The van der Waals surface area contributed by atoms with Gasteiger partial charge in [0.2, 0.25) is 0 Å². The van der Waals surface area contributed by atoms with Crippen LogP contribution >= 0.6 is 12.3 Å². The lowest BCUT2D eigenvalue weighted by atomic mass is 10.1. The van der Waals surface area contributed by atoms with Crippen molar-refractivity contribution in [1.29, 1.82) is 0 Å². The Kier molecular flexibility index (Phi) is 1.43. The van der Waals surface area contributed by atoms with Crippen molar-refractivity contribution in [2.45, 2.75) is 31.3 Å². The molecule has 1 aliphatic carbocycles. The SMILES string of the molecule is C1CCC2(C1)COSO2. The van der Waals surface area contributed by atoms with Crippen molar-refractivity contribution in [3.8, 4) is 0 Å². The molecule has 1 saturated carbocycles. The van der Waals surface area contributed by atoms with Crippen molar-refractivity contribution in [2.75, 3.05) is 6.61 Å². The summed E-state index contributed by atoms with van der Waals surface area (Å²) in [5.41, 5.74) is 0.130. The maximum Gasteiger partial charge on any atom is 0.159 e. The average Bonchev–Trinajstić information content (AvgIpc) is 2.45. The fourth-order valence-corrected chi connectivity index (χ4v) is 2.17. The highest BCUT2D eigenvalue weighted by Crippen LogP contribution is 2.41. The second-order valence-electron chi connectivity index (χ2n) is 2.80. The molecule has 0 amide bonds. The second kappa shape index (κ2) is 2.15. The van der Waals surface area contributed by atoms with E-state index in [1.807, 2.05) is 0 Å². The van der Waals surface area contributed by atoms with E-state index in [4.69, 9.17) is 8.37 Å². The van der Waals surface area contributed by atoms with Gasteiger partial charge in [0.25, 0.3) is 0 Å². The van der Waals surface area contributed by atoms with Crippen LogP contribution in [0.2, 0.25) is 0 Å². The van der Waals surface area contributed by atoms with E-state index in [0.29, 0.717) is 0 Å². The highest BCUT2D eigenvalue weighted by atomic mass is 32.2. The molecule has 2 aliphatic rings. The first kappa shape index (κ1) is 6.01. The molecule has 2 rings (SSSR count). The second-order valence-corrected chi connectivity index (χ2v) is 3.34.